The third-order valence-electron chi connectivity index (χ3n) is 6.85. The molecule has 3 aromatic carbocycles. The van der Waals surface area contributed by atoms with Gasteiger partial charge >= 0.3 is 0 Å². The van der Waals surface area contributed by atoms with Gasteiger partial charge in [0.15, 0.2) is 16.9 Å². The summed E-state index contributed by atoms with van der Waals surface area (Å²) in [5, 5.41) is 0.469. The molecule has 37 heavy (non-hydrogen) atoms. The van der Waals surface area contributed by atoms with Crippen molar-refractivity contribution in [2.24, 2.45) is 0 Å². The molecule has 0 aliphatic carbocycles. The molecule has 7 nitrogen and oxygen atoms in total. The molecule has 4 aromatic rings. The summed E-state index contributed by atoms with van der Waals surface area (Å²) in [5.41, 5.74) is 3.17. The van der Waals surface area contributed by atoms with Crippen LogP contribution in [0.2, 0.25) is 0 Å². The molecule has 0 unspecified atom stereocenters. The van der Waals surface area contributed by atoms with Crippen molar-refractivity contribution in [1.29, 1.82) is 0 Å². The summed E-state index contributed by atoms with van der Waals surface area (Å²) in [6.07, 6.45) is 1.97. The minimum Gasteiger partial charge on any atom is -0.494 e. The topological polar surface area (TPSA) is 78.2 Å². The molecule has 1 atom stereocenters. The molecule has 0 radical (unpaired) electrons. The zero-order valence-corrected chi connectivity index (χ0v) is 20.8. The number of carbonyl (C=O) groups is 1. The van der Waals surface area contributed by atoms with Crippen molar-refractivity contribution >= 4 is 16.9 Å². The third-order valence-corrected chi connectivity index (χ3v) is 6.85. The molecule has 0 saturated heterocycles. The van der Waals surface area contributed by atoms with Crippen LogP contribution in [0.15, 0.2) is 69.9 Å². The third kappa shape index (κ3) is 4.10. The summed E-state index contributed by atoms with van der Waals surface area (Å²) in [4.78, 5) is 29.3. The minimum atomic E-state index is -0.621. The molecule has 1 aromatic heterocycles. The number of nitrogens with zero attached hydrogens (tertiary/aromatic N) is 1. The second kappa shape index (κ2) is 9.32. The summed E-state index contributed by atoms with van der Waals surface area (Å²) in [5.74, 6) is 1.78. The monoisotopic (exact) mass is 497 g/mol. The smallest absolute Gasteiger partial charge is 0.291 e. The molecule has 0 saturated carbocycles. The Morgan fingerprint density at radius 2 is 1.86 bits per heavy atom. The molecule has 6 rings (SSSR count). The van der Waals surface area contributed by atoms with Crippen molar-refractivity contribution in [1.82, 2.24) is 4.90 Å². The van der Waals surface area contributed by atoms with E-state index in [1.807, 2.05) is 61.5 Å². The summed E-state index contributed by atoms with van der Waals surface area (Å²) in [6.45, 7) is 5.08. The quantitative estimate of drug-likeness (QED) is 0.302. The fraction of sp³-hybridized carbons (Fsp3) is 0.267. The van der Waals surface area contributed by atoms with Gasteiger partial charge in [0.25, 0.3) is 5.91 Å². The van der Waals surface area contributed by atoms with Crippen LogP contribution in [0.4, 0.5) is 0 Å². The van der Waals surface area contributed by atoms with E-state index in [1.165, 1.54) is 0 Å². The lowest BCUT2D eigenvalue weighted by atomic mass is 9.97. The normalized spacial score (nSPS) is 15.9. The number of ether oxygens (including phenoxy) is 3. The number of amides is 1. The van der Waals surface area contributed by atoms with Gasteiger partial charge in [0.2, 0.25) is 12.6 Å². The molecule has 0 fully saturated rings. The molecule has 0 N–H and O–H groups in total. The maximum absolute atomic E-state index is 13.8. The predicted octanol–water partition coefficient (Wildman–Crippen LogP) is 5.75. The maximum Gasteiger partial charge on any atom is 0.291 e. The largest absolute Gasteiger partial charge is 0.494 e. The first kappa shape index (κ1) is 23.2. The summed E-state index contributed by atoms with van der Waals surface area (Å²) in [7, 11) is 0. The van der Waals surface area contributed by atoms with Gasteiger partial charge in [-0.05, 0) is 60.9 Å². The first-order chi connectivity index (χ1) is 18.0. The van der Waals surface area contributed by atoms with Crippen LogP contribution < -0.4 is 19.6 Å². The summed E-state index contributed by atoms with van der Waals surface area (Å²) >= 11 is 0. The van der Waals surface area contributed by atoms with E-state index < -0.39 is 6.04 Å². The molecule has 0 spiro atoms. The van der Waals surface area contributed by atoms with E-state index in [1.54, 1.807) is 11.0 Å². The average Bonchev–Trinajstić information content (AvgIpc) is 3.48. The maximum atomic E-state index is 13.8. The van der Waals surface area contributed by atoms with Crippen LogP contribution in [0.5, 0.6) is 17.2 Å². The Kier molecular flexibility index (Phi) is 5.83. The van der Waals surface area contributed by atoms with Crippen molar-refractivity contribution in [3.05, 3.63) is 98.9 Å². The van der Waals surface area contributed by atoms with Crippen LogP contribution in [-0.4, -0.2) is 24.2 Å². The summed E-state index contributed by atoms with van der Waals surface area (Å²) in [6, 6.07) is 18.0. The fourth-order valence-corrected chi connectivity index (χ4v) is 4.99. The van der Waals surface area contributed by atoms with Gasteiger partial charge in [-0.15, -0.1) is 0 Å². The Morgan fingerprint density at radius 1 is 1.00 bits per heavy atom. The number of rotatable bonds is 7. The predicted molar refractivity (Wildman–Crippen MR) is 138 cm³/mol. The minimum absolute atomic E-state index is 0.0874. The lowest BCUT2D eigenvalue weighted by molar-refractivity contribution is 0.0714. The van der Waals surface area contributed by atoms with E-state index in [0.717, 1.165) is 29.5 Å². The van der Waals surface area contributed by atoms with E-state index in [4.69, 9.17) is 18.6 Å². The SMILES string of the molecule is CCCCOc1cccc([C@H]2c3c(oc4ccc(C)cc4c3=O)C(=O)N2Cc2ccc3c(c2)OCO3)c1. The van der Waals surface area contributed by atoms with E-state index in [0.29, 0.717) is 40.4 Å². The Bertz CT molecular complexity index is 1570. The zero-order chi connectivity index (χ0) is 25.5. The number of hydrogen-bond acceptors (Lipinski definition) is 6. The van der Waals surface area contributed by atoms with Crippen molar-refractivity contribution in [2.45, 2.75) is 39.3 Å². The summed E-state index contributed by atoms with van der Waals surface area (Å²) < 4.78 is 23.0. The molecular formula is C30H27NO6. The first-order valence-electron chi connectivity index (χ1n) is 12.5. The highest BCUT2D eigenvalue weighted by Crippen LogP contribution is 2.41. The highest BCUT2D eigenvalue weighted by atomic mass is 16.7. The van der Waals surface area contributed by atoms with E-state index in [9.17, 15) is 9.59 Å². The van der Waals surface area contributed by atoms with Gasteiger partial charge in [-0.25, -0.2) is 0 Å². The van der Waals surface area contributed by atoms with E-state index in [2.05, 4.69) is 6.92 Å². The molecule has 2 aliphatic rings. The van der Waals surface area contributed by atoms with Gasteiger partial charge in [0.1, 0.15) is 11.3 Å². The van der Waals surface area contributed by atoms with Crippen molar-refractivity contribution < 1.29 is 23.4 Å². The van der Waals surface area contributed by atoms with Crippen LogP contribution in [0.25, 0.3) is 11.0 Å². The number of unbranched alkanes of at least 4 members (excludes halogenated alkanes) is 1. The van der Waals surface area contributed by atoms with Crippen LogP contribution >= 0.6 is 0 Å². The van der Waals surface area contributed by atoms with Gasteiger partial charge in [-0.2, -0.15) is 0 Å². The van der Waals surface area contributed by atoms with Crippen LogP contribution in [0.3, 0.4) is 0 Å². The standard InChI is InChI=1S/C30H27NO6/c1-3-4-12-34-21-7-5-6-20(15-21)27-26-28(32)22-13-18(2)8-10-23(22)37-29(26)30(33)31(27)16-19-9-11-24-25(14-19)36-17-35-24/h5-11,13-15,27H,3-4,12,16-17H2,1-2H3/t27-/m0/s1. The highest BCUT2D eigenvalue weighted by molar-refractivity contribution is 5.99. The van der Waals surface area contributed by atoms with Crippen LogP contribution in [0, 0.1) is 6.92 Å². The van der Waals surface area contributed by atoms with Gasteiger partial charge in [0.05, 0.1) is 23.6 Å². The average molecular weight is 498 g/mol. The molecule has 7 heteroatoms. The lowest BCUT2D eigenvalue weighted by Gasteiger charge is -2.25. The Hall–Kier alpha value is -4.26. The Morgan fingerprint density at radius 3 is 2.73 bits per heavy atom. The van der Waals surface area contributed by atoms with E-state index in [-0.39, 0.29) is 30.4 Å². The Balaban J connectivity index is 1.47. The number of hydrogen-bond donors (Lipinski definition) is 0. The number of carbonyl (C=O) groups excluding carboxylic acids is 1. The van der Waals surface area contributed by atoms with E-state index >= 15 is 0 Å². The molecular weight excluding hydrogens is 470 g/mol. The van der Waals surface area contributed by atoms with Crippen LogP contribution in [0.1, 0.15) is 58.6 Å². The number of fused-ring (bicyclic) bond motifs is 3. The number of aryl methyl sites for hydroxylation is 1. The van der Waals surface area contributed by atoms with Gasteiger partial charge in [0, 0.05) is 6.54 Å². The zero-order valence-electron chi connectivity index (χ0n) is 20.8. The molecule has 188 valence electrons. The fourth-order valence-electron chi connectivity index (χ4n) is 4.99. The second-order valence-corrected chi connectivity index (χ2v) is 9.47. The van der Waals surface area contributed by atoms with Gasteiger partial charge < -0.3 is 23.5 Å². The van der Waals surface area contributed by atoms with Crippen LogP contribution in [-0.2, 0) is 6.54 Å². The molecule has 3 heterocycles. The number of benzene rings is 3. The molecule has 2 aliphatic heterocycles. The van der Waals surface area contributed by atoms with Crippen molar-refractivity contribution in [3.63, 3.8) is 0 Å². The van der Waals surface area contributed by atoms with Gasteiger partial charge in [-0.3, -0.25) is 9.59 Å². The second-order valence-electron chi connectivity index (χ2n) is 9.47. The highest BCUT2D eigenvalue weighted by Gasteiger charge is 2.43. The van der Waals surface area contributed by atoms with Crippen molar-refractivity contribution in [2.75, 3.05) is 13.4 Å². The lowest BCUT2D eigenvalue weighted by Crippen LogP contribution is -2.29. The Labute approximate surface area is 214 Å². The van der Waals surface area contributed by atoms with Gasteiger partial charge in [-0.1, -0.05) is 43.2 Å². The molecule has 1 amide bonds. The van der Waals surface area contributed by atoms with Crippen molar-refractivity contribution in [3.8, 4) is 17.2 Å². The first-order valence-corrected chi connectivity index (χ1v) is 12.5. The molecule has 0 bridgehead atoms.